The van der Waals surface area contributed by atoms with E-state index in [0.717, 1.165) is 0 Å². The highest BCUT2D eigenvalue weighted by atomic mass is 16.6. The van der Waals surface area contributed by atoms with Gasteiger partial charge < -0.3 is 10.1 Å². The zero-order chi connectivity index (χ0) is 13.0. The maximum atomic E-state index is 10.8. The second-order valence-electron chi connectivity index (χ2n) is 3.32. The molecule has 0 radical (unpaired) electrons. The van der Waals surface area contributed by atoms with Crippen molar-refractivity contribution >= 4 is 11.5 Å². The fourth-order valence-corrected chi connectivity index (χ4v) is 1.34. The Morgan fingerprint density at radius 2 is 2.11 bits per heavy atom. The van der Waals surface area contributed by atoms with Gasteiger partial charge in [0, 0.05) is 19.2 Å². The number of hydrogen-bond acceptors (Lipinski definition) is 6. The predicted molar refractivity (Wildman–Crippen MR) is 64.7 cm³/mol. The van der Waals surface area contributed by atoms with Gasteiger partial charge in [0.1, 0.15) is 12.1 Å². The third kappa shape index (κ3) is 2.51. The van der Waals surface area contributed by atoms with Crippen molar-refractivity contribution in [1.82, 2.24) is 9.97 Å². The Balaban J connectivity index is 2.31. The highest BCUT2D eigenvalue weighted by Crippen LogP contribution is 2.30. The summed E-state index contributed by atoms with van der Waals surface area (Å²) < 4.78 is 5.38. The largest absolute Gasteiger partial charge is 0.432 e. The molecule has 0 saturated carbocycles. The van der Waals surface area contributed by atoms with Crippen LogP contribution in [0.3, 0.4) is 0 Å². The summed E-state index contributed by atoms with van der Waals surface area (Å²) in [6.07, 6.45) is 1.32. The van der Waals surface area contributed by atoms with Crippen molar-refractivity contribution in [2.45, 2.75) is 0 Å². The zero-order valence-corrected chi connectivity index (χ0v) is 9.53. The van der Waals surface area contributed by atoms with E-state index < -0.39 is 4.92 Å². The van der Waals surface area contributed by atoms with Gasteiger partial charge in [-0.05, 0) is 6.07 Å². The first kappa shape index (κ1) is 11.8. The Labute approximate surface area is 103 Å². The summed E-state index contributed by atoms with van der Waals surface area (Å²) in [4.78, 5) is 18.1. The van der Waals surface area contributed by atoms with Gasteiger partial charge in [0.25, 0.3) is 0 Å². The van der Waals surface area contributed by atoms with E-state index in [9.17, 15) is 10.1 Å². The number of nitrogens with one attached hydrogen (secondary N) is 1. The van der Waals surface area contributed by atoms with Crippen molar-refractivity contribution in [2.75, 3.05) is 12.4 Å². The van der Waals surface area contributed by atoms with Crippen LogP contribution in [0.5, 0.6) is 11.6 Å². The summed E-state index contributed by atoms with van der Waals surface area (Å²) in [5.74, 6) is 0.950. The number of benzene rings is 1. The molecule has 92 valence electrons. The van der Waals surface area contributed by atoms with Crippen LogP contribution in [0.1, 0.15) is 0 Å². The maximum absolute atomic E-state index is 10.8. The summed E-state index contributed by atoms with van der Waals surface area (Å²) in [5, 5.41) is 13.6. The first-order valence-corrected chi connectivity index (χ1v) is 5.12. The first-order valence-electron chi connectivity index (χ1n) is 5.12. The Hall–Kier alpha value is -2.70. The fraction of sp³-hybridized carbons (Fsp3) is 0.0909. The van der Waals surface area contributed by atoms with Gasteiger partial charge in [-0.25, -0.2) is 9.97 Å². The smallest absolute Gasteiger partial charge is 0.311 e. The molecule has 1 heterocycles. The van der Waals surface area contributed by atoms with Crippen LogP contribution in [-0.4, -0.2) is 21.9 Å². The first-order chi connectivity index (χ1) is 8.70. The lowest BCUT2D eigenvalue weighted by Gasteiger charge is -2.05. The number of nitrogens with zero attached hydrogens (tertiary/aromatic N) is 3. The van der Waals surface area contributed by atoms with E-state index in [-0.39, 0.29) is 17.3 Å². The van der Waals surface area contributed by atoms with Gasteiger partial charge in [0.2, 0.25) is 11.6 Å². The molecule has 0 unspecified atom stereocenters. The summed E-state index contributed by atoms with van der Waals surface area (Å²) in [6, 6.07) is 7.66. The predicted octanol–water partition coefficient (Wildman–Crippen LogP) is 2.22. The molecule has 0 atom stereocenters. The van der Waals surface area contributed by atoms with Crippen LogP contribution >= 0.6 is 0 Å². The molecule has 0 bridgehead atoms. The second-order valence-corrected chi connectivity index (χ2v) is 3.32. The van der Waals surface area contributed by atoms with Gasteiger partial charge in [0.05, 0.1) is 4.92 Å². The highest BCUT2D eigenvalue weighted by molar-refractivity contribution is 5.48. The summed E-state index contributed by atoms with van der Waals surface area (Å²) in [7, 11) is 1.71. The van der Waals surface area contributed by atoms with E-state index in [2.05, 4.69) is 15.3 Å². The van der Waals surface area contributed by atoms with Crippen molar-refractivity contribution in [3.05, 3.63) is 46.8 Å². The van der Waals surface area contributed by atoms with Crippen LogP contribution in [0.4, 0.5) is 11.5 Å². The summed E-state index contributed by atoms with van der Waals surface area (Å²) >= 11 is 0. The van der Waals surface area contributed by atoms with E-state index in [1.165, 1.54) is 18.5 Å². The summed E-state index contributed by atoms with van der Waals surface area (Å²) in [5.41, 5.74) is -0.109. The lowest BCUT2D eigenvalue weighted by Crippen LogP contribution is -1.97. The number of hydrogen-bond donors (Lipinski definition) is 1. The second kappa shape index (κ2) is 5.09. The number of anilines is 1. The van der Waals surface area contributed by atoms with E-state index in [4.69, 9.17) is 4.74 Å². The molecule has 1 N–H and O–H groups in total. The average molecular weight is 246 g/mol. The van der Waals surface area contributed by atoms with E-state index in [0.29, 0.717) is 5.82 Å². The molecule has 0 spiro atoms. The molecule has 0 aliphatic heterocycles. The molecule has 1 aromatic heterocycles. The van der Waals surface area contributed by atoms with Crippen LogP contribution < -0.4 is 10.1 Å². The molecular formula is C11H10N4O3. The van der Waals surface area contributed by atoms with Crippen LogP contribution in [-0.2, 0) is 0 Å². The molecule has 0 aliphatic carbocycles. The van der Waals surface area contributed by atoms with Crippen molar-refractivity contribution in [3.63, 3.8) is 0 Å². The molecule has 0 fully saturated rings. The molecule has 18 heavy (non-hydrogen) atoms. The quantitative estimate of drug-likeness (QED) is 0.657. The van der Waals surface area contributed by atoms with Gasteiger partial charge in [-0.1, -0.05) is 12.1 Å². The van der Waals surface area contributed by atoms with Gasteiger partial charge in [0.15, 0.2) is 0 Å². The van der Waals surface area contributed by atoms with Gasteiger partial charge in [-0.2, -0.15) is 0 Å². The fourth-order valence-electron chi connectivity index (χ4n) is 1.34. The normalized spacial score (nSPS) is 9.83. The number of ether oxygens (including phenoxy) is 1. The van der Waals surface area contributed by atoms with Gasteiger partial charge in [-0.15, -0.1) is 0 Å². The molecule has 0 amide bonds. The number of rotatable bonds is 4. The molecule has 1 aromatic carbocycles. The minimum atomic E-state index is -0.504. The third-order valence-corrected chi connectivity index (χ3v) is 2.17. The van der Waals surface area contributed by atoms with Crippen molar-refractivity contribution in [2.24, 2.45) is 0 Å². The number of nitro groups is 1. The molecule has 0 saturated heterocycles. The van der Waals surface area contributed by atoms with Gasteiger partial charge in [-0.3, -0.25) is 10.1 Å². The lowest BCUT2D eigenvalue weighted by molar-refractivity contribution is -0.385. The topological polar surface area (TPSA) is 90.2 Å². The van der Waals surface area contributed by atoms with Crippen molar-refractivity contribution in [3.8, 4) is 11.6 Å². The van der Waals surface area contributed by atoms with Crippen LogP contribution in [0.15, 0.2) is 36.7 Å². The SMILES string of the molecule is CNc1cc(Oc2ccccc2[N+](=O)[O-])ncn1. The van der Waals surface area contributed by atoms with Crippen LogP contribution in [0.25, 0.3) is 0 Å². The Morgan fingerprint density at radius 1 is 1.33 bits per heavy atom. The molecule has 0 aliphatic rings. The van der Waals surface area contributed by atoms with Crippen LogP contribution in [0.2, 0.25) is 0 Å². The average Bonchev–Trinajstić information content (AvgIpc) is 2.39. The van der Waals surface area contributed by atoms with Gasteiger partial charge >= 0.3 is 5.69 Å². The molecule has 7 heteroatoms. The Morgan fingerprint density at radius 3 is 2.83 bits per heavy atom. The third-order valence-electron chi connectivity index (χ3n) is 2.17. The minimum Gasteiger partial charge on any atom is -0.432 e. The molecule has 2 aromatic rings. The standard InChI is InChI=1S/C11H10N4O3/c1-12-10-6-11(14-7-13-10)18-9-5-3-2-4-8(9)15(16)17/h2-7H,1H3,(H,12,13,14). The highest BCUT2D eigenvalue weighted by Gasteiger charge is 2.14. The zero-order valence-electron chi connectivity index (χ0n) is 9.53. The van der Waals surface area contributed by atoms with E-state index in [1.54, 1.807) is 25.2 Å². The minimum absolute atomic E-state index is 0.109. The maximum Gasteiger partial charge on any atom is 0.311 e. The Kier molecular flexibility index (Phi) is 3.33. The molecule has 2 rings (SSSR count). The molecule has 7 nitrogen and oxygen atoms in total. The molecular weight excluding hydrogens is 236 g/mol. The number of para-hydroxylation sites is 2. The van der Waals surface area contributed by atoms with Crippen molar-refractivity contribution < 1.29 is 9.66 Å². The lowest BCUT2D eigenvalue weighted by atomic mass is 10.3. The van der Waals surface area contributed by atoms with E-state index in [1.807, 2.05) is 0 Å². The monoisotopic (exact) mass is 246 g/mol. The van der Waals surface area contributed by atoms with Crippen molar-refractivity contribution in [1.29, 1.82) is 0 Å². The van der Waals surface area contributed by atoms with Crippen LogP contribution in [0, 0.1) is 10.1 Å². The Bertz CT molecular complexity index is 574. The number of aromatic nitrogens is 2. The summed E-state index contributed by atoms with van der Waals surface area (Å²) in [6.45, 7) is 0. The number of nitro benzene ring substituents is 1. The van der Waals surface area contributed by atoms with E-state index >= 15 is 0 Å².